The van der Waals surface area contributed by atoms with E-state index in [4.69, 9.17) is 0 Å². The molecular formula is C18H34N2O. The molecule has 0 bridgehead atoms. The molecule has 1 N–H and O–H groups in total. The van der Waals surface area contributed by atoms with E-state index in [1.165, 1.54) is 25.7 Å². The summed E-state index contributed by atoms with van der Waals surface area (Å²) in [4.78, 5) is 15.4. The Balaban J connectivity index is 2.21. The van der Waals surface area contributed by atoms with Crippen LogP contribution in [-0.4, -0.2) is 28.6 Å². The molecule has 2 unspecified atom stereocenters. The van der Waals surface area contributed by atoms with Crippen molar-refractivity contribution >= 4 is 5.91 Å². The molecule has 0 aromatic rings. The van der Waals surface area contributed by atoms with E-state index in [1.807, 2.05) is 0 Å². The minimum Gasteiger partial charge on any atom is -0.322 e. The van der Waals surface area contributed by atoms with Crippen molar-refractivity contribution in [3.05, 3.63) is 0 Å². The smallest absolute Gasteiger partial charge is 0.244 e. The van der Waals surface area contributed by atoms with Gasteiger partial charge in [0.2, 0.25) is 5.91 Å². The SMILES string of the molecule is CCCCC(CCC)N1C(=O)C2(CCCC2)NC1C(C)C. The van der Waals surface area contributed by atoms with Crippen molar-refractivity contribution in [2.45, 2.75) is 103 Å². The molecule has 1 aliphatic carbocycles. The van der Waals surface area contributed by atoms with Crippen molar-refractivity contribution in [1.82, 2.24) is 10.2 Å². The average Bonchev–Trinajstić information content (AvgIpc) is 3.03. The van der Waals surface area contributed by atoms with Crippen molar-refractivity contribution < 1.29 is 4.79 Å². The number of hydrogen-bond donors (Lipinski definition) is 1. The maximum atomic E-state index is 13.2. The van der Waals surface area contributed by atoms with E-state index < -0.39 is 0 Å². The molecular weight excluding hydrogens is 260 g/mol. The van der Waals surface area contributed by atoms with E-state index in [2.05, 4.69) is 37.9 Å². The Morgan fingerprint density at radius 1 is 1.19 bits per heavy atom. The lowest BCUT2D eigenvalue weighted by Gasteiger charge is -2.35. The van der Waals surface area contributed by atoms with Gasteiger partial charge in [0, 0.05) is 6.04 Å². The number of nitrogens with zero attached hydrogens (tertiary/aromatic N) is 1. The Hall–Kier alpha value is -0.570. The van der Waals surface area contributed by atoms with Gasteiger partial charge in [-0.25, -0.2) is 0 Å². The van der Waals surface area contributed by atoms with Gasteiger partial charge < -0.3 is 4.90 Å². The van der Waals surface area contributed by atoms with Crippen LogP contribution < -0.4 is 5.32 Å². The highest BCUT2D eigenvalue weighted by molar-refractivity contribution is 5.89. The first-order valence-corrected chi connectivity index (χ1v) is 9.16. The Morgan fingerprint density at radius 2 is 1.86 bits per heavy atom. The van der Waals surface area contributed by atoms with Crippen molar-refractivity contribution in [3.63, 3.8) is 0 Å². The topological polar surface area (TPSA) is 32.3 Å². The lowest BCUT2D eigenvalue weighted by molar-refractivity contribution is -0.136. The third-order valence-electron chi connectivity index (χ3n) is 5.36. The van der Waals surface area contributed by atoms with Gasteiger partial charge in [0.05, 0.1) is 11.7 Å². The summed E-state index contributed by atoms with van der Waals surface area (Å²) in [6, 6.07) is 0.433. The van der Waals surface area contributed by atoms with E-state index in [0.29, 0.717) is 17.9 Å². The van der Waals surface area contributed by atoms with E-state index in [9.17, 15) is 4.79 Å². The molecule has 3 nitrogen and oxygen atoms in total. The van der Waals surface area contributed by atoms with Crippen LogP contribution in [0.2, 0.25) is 0 Å². The van der Waals surface area contributed by atoms with Crippen molar-refractivity contribution in [3.8, 4) is 0 Å². The van der Waals surface area contributed by atoms with Crippen molar-refractivity contribution in [1.29, 1.82) is 0 Å². The molecule has 122 valence electrons. The molecule has 1 aliphatic heterocycles. The molecule has 1 saturated heterocycles. The first kappa shape index (κ1) is 16.8. The summed E-state index contributed by atoms with van der Waals surface area (Å²) in [5, 5.41) is 3.76. The highest BCUT2D eigenvalue weighted by Crippen LogP contribution is 2.39. The second-order valence-corrected chi connectivity index (χ2v) is 7.42. The fourth-order valence-corrected chi connectivity index (χ4v) is 4.20. The monoisotopic (exact) mass is 294 g/mol. The first-order chi connectivity index (χ1) is 10.1. The number of amides is 1. The zero-order valence-electron chi connectivity index (χ0n) is 14.5. The lowest BCUT2D eigenvalue weighted by atomic mass is 9.96. The van der Waals surface area contributed by atoms with Gasteiger partial charge in [-0.1, -0.05) is 59.8 Å². The third-order valence-corrected chi connectivity index (χ3v) is 5.36. The summed E-state index contributed by atoms with van der Waals surface area (Å²) in [5.41, 5.74) is -0.215. The number of hydrogen-bond acceptors (Lipinski definition) is 2. The number of nitrogens with one attached hydrogen (secondary N) is 1. The van der Waals surface area contributed by atoms with Gasteiger partial charge in [0.1, 0.15) is 0 Å². The predicted octanol–water partition coefficient (Wildman–Crippen LogP) is 4.07. The molecule has 0 radical (unpaired) electrons. The number of unbranched alkanes of at least 4 members (excludes halogenated alkanes) is 1. The molecule has 0 aromatic heterocycles. The summed E-state index contributed by atoms with van der Waals surface area (Å²) < 4.78 is 0. The Morgan fingerprint density at radius 3 is 2.38 bits per heavy atom. The molecule has 21 heavy (non-hydrogen) atoms. The molecule has 1 amide bonds. The van der Waals surface area contributed by atoms with Gasteiger partial charge in [-0.3, -0.25) is 10.1 Å². The normalized spacial score (nSPS) is 26.2. The molecule has 3 heteroatoms. The highest BCUT2D eigenvalue weighted by atomic mass is 16.2. The second kappa shape index (κ2) is 7.13. The van der Waals surface area contributed by atoms with Gasteiger partial charge in [0.25, 0.3) is 0 Å². The number of rotatable bonds is 7. The summed E-state index contributed by atoms with van der Waals surface area (Å²) in [6.07, 6.45) is 10.6. The van der Waals surface area contributed by atoms with E-state index >= 15 is 0 Å². The predicted molar refractivity (Wildman–Crippen MR) is 88.0 cm³/mol. The van der Waals surface area contributed by atoms with Crippen LogP contribution in [0.15, 0.2) is 0 Å². The van der Waals surface area contributed by atoms with Gasteiger partial charge in [-0.2, -0.15) is 0 Å². The Bertz CT molecular complexity index is 347. The van der Waals surface area contributed by atoms with Crippen LogP contribution in [-0.2, 0) is 4.79 Å². The van der Waals surface area contributed by atoms with Gasteiger partial charge in [-0.15, -0.1) is 0 Å². The van der Waals surface area contributed by atoms with Crippen LogP contribution in [0.25, 0.3) is 0 Å². The molecule has 2 aliphatic rings. The van der Waals surface area contributed by atoms with Crippen LogP contribution in [0.1, 0.15) is 85.5 Å². The van der Waals surface area contributed by atoms with Crippen LogP contribution in [0, 0.1) is 5.92 Å². The molecule has 0 aromatic carbocycles. The average molecular weight is 294 g/mol. The zero-order chi connectivity index (χ0) is 15.5. The van der Waals surface area contributed by atoms with Crippen molar-refractivity contribution in [2.24, 2.45) is 5.92 Å². The van der Waals surface area contributed by atoms with Crippen LogP contribution in [0.4, 0.5) is 0 Å². The van der Waals surface area contributed by atoms with Crippen LogP contribution in [0.5, 0.6) is 0 Å². The van der Waals surface area contributed by atoms with E-state index in [0.717, 1.165) is 32.1 Å². The minimum absolute atomic E-state index is 0.215. The van der Waals surface area contributed by atoms with Crippen molar-refractivity contribution in [2.75, 3.05) is 0 Å². The fraction of sp³-hybridized carbons (Fsp3) is 0.944. The number of carbonyl (C=O) groups excluding carboxylic acids is 1. The Labute approximate surface area is 130 Å². The zero-order valence-corrected chi connectivity index (χ0v) is 14.5. The Kier molecular flexibility index (Phi) is 5.70. The summed E-state index contributed by atoms with van der Waals surface area (Å²) in [7, 11) is 0. The number of carbonyl (C=O) groups is 1. The van der Waals surface area contributed by atoms with Gasteiger partial charge >= 0.3 is 0 Å². The molecule has 2 fully saturated rings. The van der Waals surface area contributed by atoms with Gasteiger partial charge in [-0.05, 0) is 31.6 Å². The van der Waals surface area contributed by atoms with E-state index in [1.54, 1.807) is 0 Å². The molecule has 1 spiro atoms. The van der Waals surface area contributed by atoms with E-state index in [-0.39, 0.29) is 11.7 Å². The maximum Gasteiger partial charge on any atom is 0.244 e. The summed E-state index contributed by atoms with van der Waals surface area (Å²) in [5.74, 6) is 0.892. The fourth-order valence-electron chi connectivity index (χ4n) is 4.20. The molecule has 1 saturated carbocycles. The van der Waals surface area contributed by atoms with Gasteiger partial charge in [0.15, 0.2) is 0 Å². The summed E-state index contributed by atoms with van der Waals surface area (Å²) in [6.45, 7) is 8.97. The van der Waals surface area contributed by atoms with Crippen LogP contribution >= 0.6 is 0 Å². The minimum atomic E-state index is -0.215. The van der Waals surface area contributed by atoms with Crippen LogP contribution in [0.3, 0.4) is 0 Å². The first-order valence-electron chi connectivity index (χ1n) is 9.16. The summed E-state index contributed by atoms with van der Waals surface area (Å²) >= 11 is 0. The maximum absolute atomic E-state index is 13.2. The highest BCUT2D eigenvalue weighted by Gasteiger charge is 2.54. The molecule has 1 heterocycles. The largest absolute Gasteiger partial charge is 0.322 e. The quantitative estimate of drug-likeness (QED) is 0.767. The second-order valence-electron chi connectivity index (χ2n) is 7.42. The molecule has 2 rings (SSSR count). The third kappa shape index (κ3) is 3.28. The lowest BCUT2D eigenvalue weighted by Crippen LogP contribution is -2.47. The molecule has 2 atom stereocenters. The standard InChI is InChI=1S/C18H34N2O/c1-5-7-11-15(10-6-2)20-16(14(3)4)19-18(17(20)21)12-8-9-13-18/h14-16,19H,5-13H2,1-4H3.